The average molecular weight is 510 g/mol. The zero-order valence-electron chi connectivity index (χ0n) is 15.1. The number of carbonyl (C=O) groups is 1. The highest BCUT2D eigenvalue weighted by molar-refractivity contribution is 9.13. The maximum Gasteiger partial charge on any atom is 0.248 e. The van der Waals surface area contributed by atoms with Gasteiger partial charge in [0.2, 0.25) is 5.91 Å². The van der Waals surface area contributed by atoms with Gasteiger partial charge < -0.3 is 5.32 Å². The van der Waals surface area contributed by atoms with Crippen LogP contribution in [-0.4, -0.2) is 10.8 Å². The Hall–Kier alpha value is -1.36. The summed E-state index contributed by atoms with van der Waals surface area (Å²) >= 11 is 13.8. The van der Waals surface area contributed by atoms with Crippen LogP contribution in [-0.2, 0) is 4.79 Å². The molecule has 3 rings (SSSR count). The van der Waals surface area contributed by atoms with E-state index in [0.29, 0.717) is 0 Å². The van der Waals surface area contributed by atoms with Crippen LogP contribution in [0.4, 0.5) is 5.69 Å². The molecule has 2 nitrogen and oxygen atoms in total. The highest BCUT2D eigenvalue weighted by Crippen LogP contribution is 2.58. The average Bonchev–Trinajstić information content (AvgIpc) is 3.30. The molecule has 0 aromatic heterocycles. The van der Waals surface area contributed by atoms with Gasteiger partial charge in [-0.3, -0.25) is 4.79 Å². The minimum Gasteiger partial charge on any atom is -0.322 e. The molecule has 1 aliphatic carbocycles. The van der Waals surface area contributed by atoms with Crippen molar-refractivity contribution < 1.29 is 4.79 Å². The van der Waals surface area contributed by atoms with Crippen molar-refractivity contribution in [1.82, 2.24) is 0 Å². The van der Waals surface area contributed by atoms with Crippen LogP contribution < -0.4 is 5.32 Å². The number of hydrogen-bond acceptors (Lipinski definition) is 1. The zero-order valence-corrected chi connectivity index (χ0v) is 19.0. The third-order valence-corrected chi connectivity index (χ3v) is 7.09. The van der Waals surface area contributed by atoms with Crippen molar-refractivity contribution >= 4 is 55.1 Å². The Balaban J connectivity index is 1.63. The first kappa shape index (κ1) is 20.4. The van der Waals surface area contributed by atoms with E-state index in [1.165, 1.54) is 5.56 Å². The Morgan fingerprint density at radius 3 is 2.67 bits per heavy atom. The van der Waals surface area contributed by atoms with Gasteiger partial charge in [-0.15, -0.1) is 11.6 Å². The lowest BCUT2D eigenvalue weighted by Gasteiger charge is -2.07. The van der Waals surface area contributed by atoms with Crippen molar-refractivity contribution in [2.45, 2.75) is 31.1 Å². The van der Waals surface area contributed by atoms with E-state index in [2.05, 4.69) is 49.3 Å². The third kappa shape index (κ3) is 5.13. The molecule has 2 aromatic carbocycles. The zero-order chi connectivity index (χ0) is 19.6. The summed E-state index contributed by atoms with van der Waals surface area (Å²) in [5.74, 6) is 0.146. The summed E-state index contributed by atoms with van der Waals surface area (Å²) in [4.78, 5) is 11.8. The van der Waals surface area contributed by atoms with Crippen molar-refractivity contribution in [3.63, 3.8) is 0 Å². The lowest BCUT2D eigenvalue weighted by Crippen LogP contribution is -2.09. The Morgan fingerprint density at radius 2 is 1.96 bits per heavy atom. The van der Waals surface area contributed by atoms with Crippen LogP contribution in [0.15, 0.2) is 75.2 Å². The van der Waals surface area contributed by atoms with Crippen LogP contribution in [0, 0.1) is 6.92 Å². The number of alkyl halides is 1. The second-order valence-electron chi connectivity index (χ2n) is 6.88. The second kappa shape index (κ2) is 8.34. The summed E-state index contributed by atoms with van der Waals surface area (Å²) in [6.45, 7) is 3.87. The van der Waals surface area contributed by atoms with E-state index < -0.39 is 0 Å². The molecule has 1 amide bonds. The Labute approximate surface area is 182 Å². The van der Waals surface area contributed by atoms with Crippen molar-refractivity contribution in [1.29, 1.82) is 0 Å². The van der Waals surface area contributed by atoms with E-state index in [0.717, 1.165) is 32.2 Å². The molecule has 5 heteroatoms. The summed E-state index contributed by atoms with van der Waals surface area (Å²) in [7, 11) is 0. The van der Waals surface area contributed by atoms with E-state index in [-0.39, 0.29) is 16.7 Å². The van der Waals surface area contributed by atoms with Gasteiger partial charge in [-0.25, -0.2) is 0 Å². The number of nitrogens with one attached hydrogen (secondary N) is 1. The SMILES string of the molecule is CC(/C=C/C1(Cl)CC1c1ccc(Br)c(Br)c1)=C\C(=O)Nc1ccccc1C. The van der Waals surface area contributed by atoms with E-state index in [1.807, 2.05) is 56.3 Å². The van der Waals surface area contributed by atoms with Gasteiger partial charge in [0.25, 0.3) is 0 Å². The summed E-state index contributed by atoms with van der Waals surface area (Å²) in [5.41, 5.74) is 3.94. The smallest absolute Gasteiger partial charge is 0.248 e. The molecule has 1 N–H and O–H groups in total. The first-order valence-electron chi connectivity index (χ1n) is 8.66. The number of halogens is 3. The lowest BCUT2D eigenvalue weighted by atomic mass is 10.1. The minimum absolute atomic E-state index is 0.140. The Morgan fingerprint density at radius 1 is 1.22 bits per heavy atom. The molecule has 1 aliphatic rings. The molecular formula is C22H20Br2ClNO. The Bertz CT molecular complexity index is 938. The monoisotopic (exact) mass is 507 g/mol. The molecule has 0 saturated heterocycles. The van der Waals surface area contributed by atoms with Crippen molar-refractivity contribution in [3.05, 3.63) is 86.3 Å². The van der Waals surface area contributed by atoms with Gasteiger partial charge in [0.05, 0.1) is 4.87 Å². The third-order valence-electron chi connectivity index (χ3n) is 4.67. The van der Waals surface area contributed by atoms with E-state index in [1.54, 1.807) is 6.08 Å². The van der Waals surface area contributed by atoms with Gasteiger partial charge in [0.15, 0.2) is 0 Å². The van der Waals surface area contributed by atoms with Crippen LogP contribution in [0.5, 0.6) is 0 Å². The topological polar surface area (TPSA) is 29.1 Å². The number of hydrogen-bond donors (Lipinski definition) is 1. The molecule has 27 heavy (non-hydrogen) atoms. The molecule has 140 valence electrons. The molecule has 0 aliphatic heterocycles. The molecule has 1 saturated carbocycles. The van der Waals surface area contributed by atoms with Crippen molar-refractivity contribution in [2.24, 2.45) is 0 Å². The van der Waals surface area contributed by atoms with Crippen LogP contribution in [0.1, 0.15) is 30.4 Å². The standard InChI is InChI=1S/C22H20Br2ClNO/c1-14(11-21(27)26-20-6-4-3-5-15(20)2)9-10-22(25)13-17(22)16-7-8-18(23)19(24)12-16/h3-12,17H,13H2,1-2H3,(H,26,27)/b10-9+,14-11+. The predicted molar refractivity (Wildman–Crippen MR) is 120 cm³/mol. The molecule has 0 spiro atoms. The second-order valence-corrected chi connectivity index (χ2v) is 9.30. The molecular weight excluding hydrogens is 490 g/mol. The van der Waals surface area contributed by atoms with Gasteiger partial charge in [-0.05, 0) is 87.0 Å². The first-order valence-corrected chi connectivity index (χ1v) is 10.6. The number of rotatable bonds is 5. The fourth-order valence-electron chi connectivity index (χ4n) is 2.97. The van der Waals surface area contributed by atoms with Gasteiger partial charge in [-0.2, -0.15) is 0 Å². The molecule has 0 bridgehead atoms. The molecule has 2 unspecified atom stereocenters. The first-order chi connectivity index (χ1) is 12.8. The molecule has 0 heterocycles. The molecule has 1 fully saturated rings. The van der Waals surface area contributed by atoms with Crippen LogP contribution in [0.25, 0.3) is 0 Å². The molecule has 2 aromatic rings. The summed E-state index contributed by atoms with van der Waals surface area (Å²) in [6, 6.07) is 13.9. The predicted octanol–water partition coefficient (Wildman–Crippen LogP) is 7.13. The number of allylic oxidation sites excluding steroid dienone is 3. The summed E-state index contributed by atoms with van der Waals surface area (Å²) < 4.78 is 2.06. The summed E-state index contributed by atoms with van der Waals surface area (Å²) in [5, 5.41) is 2.91. The largest absolute Gasteiger partial charge is 0.322 e. The number of para-hydroxylation sites is 1. The maximum absolute atomic E-state index is 12.2. The normalized spacial score (nSPS) is 22.1. The summed E-state index contributed by atoms with van der Waals surface area (Å²) in [6.07, 6.45) is 6.42. The van der Waals surface area contributed by atoms with Crippen LogP contribution >= 0.6 is 43.5 Å². The van der Waals surface area contributed by atoms with Gasteiger partial charge >= 0.3 is 0 Å². The minimum atomic E-state index is -0.380. The fraction of sp³-hybridized carbons (Fsp3) is 0.227. The molecule has 2 atom stereocenters. The highest BCUT2D eigenvalue weighted by Gasteiger charge is 2.51. The number of aryl methyl sites for hydroxylation is 1. The highest BCUT2D eigenvalue weighted by atomic mass is 79.9. The van der Waals surface area contributed by atoms with Crippen LogP contribution in [0.2, 0.25) is 0 Å². The van der Waals surface area contributed by atoms with E-state index >= 15 is 0 Å². The van der Waals surface area contributed by atoms with Gasteiger partial charge in [-0.1, -0.05) is 36.4 Å². The molecule has 0 radical (unpaired) electrons. The van der Waals surface area contributed by atoms with Crippen molar-refractivity contribution in [3.8, 4) is 0 Å². The van der Waals surface area contributed by atoms with Gasteiger partial charge in [0, 0.05) is 26.6 Å². The number of anilines is 1. The number of benzene rings is 2. The van der Waals surface area contributed by atoms with E-state index in [4.69, 9.17) is 11.6 Å². The quantitative estimate of drug-likeness (QED) is 0.259. The number of carbonyl (C=O) groups excluding carboxylic acids is 1. The van der Waals surface area contributed by atoms with Crippen LogP contribution in [0.3, 0.4) is 0 Å². The fourth-order valence-corrected chi connectivity index (χ4v) is 3.96. The number of amides is 1. The van der Waals surface area contributed by atoms with Crippen molar-refractivity contribution in [2.75, 3.05) is 5.32 Å². The van der Waals surface area contributed by atoms with Gasteiger partial charge in [0.1, 0.15) is 0 Å². The van der Waals surface area contributed by atoms with E-state index in [9.17, 15) is 4.79 Å². The maximum atomic E-state index is 12.2. The Kier molecular flexibility index (Phi) is 6.29. The lowest BCUT2D eigenvalue weighted by molar-refractivity contribution is -0.111.